The van der Waals surface area contributed by atoms with E-state index in [9.17, 15) is 19.5 Å². The smallest absolute Gasteiger partial charge is 0.337 e. The predicted octanol–water partition coefficient (Wildman–Crippen LogP) is -0.768. The van der Waals surface area contributed by atoms with Crippen LogP contribution in [0.4, 0.5) is 5.69 Å². The molecule has 8 nitrogen and oxygen atoms in total. The highest BCUT2D eigenvalue weighted by atomic mass is 16.4. The van der Waals surface area contributed by atoms with Gasteiger partial charge in [-0.3, -0.25) is 9.59 Å². The molecule has 7 N–H and O–H groups in total. The van der Waals surface area contributed by atoms with Crippen LogP contribution in [-0.2, 0) is 9.59 Å². The third-order valence-electron chi connectivity index (χ3n) is 2.25. The highest BCUT2D eigenvalue weighted by molar-refractivity contribution is 6.03. The van der Waals surface area contributed by atoms with Gasteiger partial charge in [0.2, 0.25) is 11.8 Å². The molecule has 0 spiro atoms. The van der Waals surface area contributed by atoms with Crippen molar-refractivity contribution in [2.45, 2.75) is 12.5 Å². The Morgan fingerprint density at radius 1 is 1.32 bits per heavy atom. The molecule has 0 fully saturated rings. The van der Waals surface area contributed by atoms with Gasteiger partial charge in [0.05, 0.1) is 23.7 Å². The highest BCUT2D eigenvalue weighted by Crippen LogP contribution is 2.21. The first-order chi connectivity index (χ1) is 8.81. The molecule has 0 aromatic heterocycles. The van der Waals surface area contributed by atoms with Gasteiger partial charge in [-0.25, -0.2) is 4.79 Å². The topological polar surface area (TPSA) is 156 Å². The van der Waals surface area contributed by atoms with Crippen molar-refractivity contribution in [2.75, 3.05) is 5.32 Å². The molecule has 1 atom stereocenters. The number of carbonyl (C=O) groups is 3. The molecule has 19 heavy (non-hydrogen) atoms. The second-order valence-electron chi connectivity index (χ2n) is 3.80. The molecule has 0 aliphatic carbocycles. The number of benzene rings is 1. The summed E-state index contributed by atoms with van der Waals surface area (Å²) in [6.45, 7) is 0. The van der Waals surface area contributed by atoms with Crippen molar-refractivity contribution in [1.29, 1.82) is 0 Å². The van der Waals surface area contributed by atoms with Crippen LogP contribution >= 0.6 is 0 Å². The van der Waals surface area contributed by atoms with Gasteiger partial charge in [-0.1, -0.05) is 0 Å². The summed E-state index contributed by atoms with van der Waals surface area (Å²) in [5.41, 5.74) is 9.98. The van der Waals surface area contributed by atoms with E-state index in [1.807, 2.05) is 0 Å². The lowest BCUT2D eigenvalue weighted by atomic mass is 10.1. The van der Waals surface area contributed by atoms with E-state index in [-0.39, 0.29) is 23.4 Å². The zero-order valence-electron chi connectivity index (χ0n) is 9.79. The molecule has 1 aromatic carbocycles. The number of hydrogen-bond acceptors (Lipinski definition) is 5. The first-order valence-electron chi connectivity index (χ1n) is 5.22. The summed E-state index contributed by atoms with van der Waals surface area (Å²) in [5.74, 6) is -3.06. The molecule has 1 aromatic rings. The Hall–Kier alpha value is -2.61. The molecule has 1 unspecified atom stereocenters. The van der Waals surface area contributed by atoms with Gasteiger partial charge in [0, 0.05) is 0 Å². The van der Waals surface area contributed by atoms with E-state index in [1.165, 1.54) is 12.1 Å². The SMILES string of the molecule is NC(=O)CC(N)C(=O)Nc1ccc(O)cc1C(=O)O. The molecule has 0 saturated heterocycles. The van der Waals surface area contributed by atoms with Crippen LogP contribution in [0.1, 0.15) is 16.8 Å². The van der Waals surface area contributed by atoms with Gasteiger partial charge in [-0.15, -0.1) is 0 Å². The molecule has 102 valence electrons. The Morgan fingerprint density at radius 3 is 2.47 bits per heavy atom. The average molecular weight is 267 g/mol. The first kappa shape index (κ1) is 14.5. The van der Waals surface area contributed by atoms with Crippen molar-refractivity contribution < 1.29 is 24.6 Å². The Kier molecular flexibility index (Phi) is 4.43. The number of carbonyl (C=O) groups excluding carboxylic acids is 2. The molecular weight excluding hydrogens is 254 g/mol. The lowest BCUT2D eigenvalue weighted by Crippen LogP contribution is -2.39. The van der Waals surface area contributed by atoms with Crippen LogP contribution in [0.3, 0.4) is 0 Å². The fourth-order valence-electron chi connectivity index (χ4n) is 1.35. The maximum absolute atomic E-state index is 11.6. The van der Waals surface area contributed by atoms with Gasteiger partial charge in [-0.2, -0.15) is 0 Å². The van der Waals surface area contributed by atoms with Crippen LogP contribution in [0.5, 0.6) is 5.75 Å². The lowest BCUT2D eigenvalue weighted by molar-refractivity contribution is -0.123. The van der Waals surface area contributed by atoms with Crippen molar-refractivity contribution in [3.8, 4) is 5.75 Å². The van der Waals surface area contributed by atoms with E-state index in [1.54, 1.807) is 0 Å². The van der Waals surface area contributed by atoms with Gasteiger partial charge in [-0.05, 0) is 18.2 Å². The molecular formula is C11H13N3O5. The number of carboxylic acid groups (broad SMARTS) is 1. The lowest BCUT2D eigenvalue weighted by Gasteiger charge is -2.12. The number of aromatic carboxylic acids is 1. The molecule has 2 amide bonds. The fraction of sp³-hybridized carbons (Fsp3) is 0.182. The van der Waals surface area contributed by atoms with E-state index >= 15 is 0 Å². The number of primary amides is 1. The monoisotopic (exact) mass is 267 g/mol. The van der Waals surface area contributed by atoms with Crippen molar-refractivity contribution in [3.63, 3.8) is 0 Å². The molecule has 0 saturated carbocycles. The van der Waals surface area contributed by atoms with Gasteiger partial charge in [0.1, 0.15) is 5.75 Å². The number of phenols is 1. The minimum absolute atomic E-state index is 0.0322. The van der Waals surface area contributed by atoms with E-state index in [0.717, 1.165) is 6.07 Å². The van der Waals surface area contributed by atoms with Crippen LogP contribution in [0, 0.1) is 0 Å². The highest BCUT2D eigenvalue weighted by Gasteiger charge is 2.19. The van der Waals surface area contributed by atoms with Crippen LogP contribution in [0.2, 0.25) is 0 Å². The van der Waals surface area contributed by atoms with Crippen LogP contribution in [0.15, 0.2) is 18.2 Å². The van der Waals surface area contributed by atoms with Gasteiger partial charge in [0.25, 0.3) is 0 Å². The van der Waals surface area contributed by atoms with Gasteiger partial charge >= 0.3 is 5.97 Å². The quantitative estimate of drug-likeness (QED) is 0.441. The van der Waals surface area contributed by atoms with Crippen LogP contribution < -0.4 is 16.8 Å². The first-order valence-corrected chi connectivity index (χ1v) is 5.22. The molecule has 0 bridgehead atoms. The standard InChI is InChI=1S/C11H13N3O5/c12-7(4-9(13)16)10(17)14-8-2-1-5(15)3-6(8)11(18)19/h1-3,7,15H,4,12H2,(H2,13,16)(H,14,17)(H,18,19). The largest absolute Gasteiger partial charge is 0.508 e. The summed E-state index contributed by atoms with van der Waals surface area (Å²) in [4.78, 5) is 33.2. The molecule has 0 heterocycles. The summed E-state index contributed by atoms with van der Waals surface area (Å²) in [6.07, 6.45) is -0.355. The van der Waals surface area contributed by atoms with Crippen LogP contribution in [-0.4, -0.2) is 34.0 Å². The minimum atomic E-state index is -1.32. The Labute approximate surface area is 108 Å². The summed E-state index contributed by atoms with van der Waals surface area (Å²) >= 11 is 0. The number of rotatable bonds is 5. The summed E-state index contributed by atoms with van der Waals surface area (Å²) in [7, 11) is 0. The Morgan fingerprint density at radius 2 is 1.95 bits per heavy atom. The number of hydrogen-bond donors (Lipinski definition) is 5. The average Bonchev–Trinajstić information content (AvgIpc) is 2.30. The summed E-state index contributed by atoms with van der Waals surface area (Å²) in [6, 6.07) is 2.24. The summed E-state index contributed by atoms with van der Waals surface area (Å²) in [5, 5.41) is 20.4. The molecule has 0 aliphatic rings. The molecule has 1 rings (SSSR count). The van der Waals surface area contributed by atoms with Gasteiger partial charge in [0.15, 0.2) is 0 Å². The molecule has 0 radical (unpaired) electrons. The second-order valence-corrected chi connectivity index (χ2v) is 3.80. The zero-order chi connectivity index (χ0) is 14.6. The van der Waals surface area contributed by atoms with Crippen molar-refractivity contribution in [2.24, 2.45) is 11.5 Å². The molecule has 8 heteroatoms. The maximum atomic E-state index is 11.6. The van der Waals surface area contributed by atoms with Crippen molar-refractivity contribution in [1.82, 2.24) is 0 Å². The fourth-order valence-corrected chi connectivity index (χ4v) is 1.35. The minimum Gasteiger partial charge on any atom is -0.508 e. The number of amides is 2. The third-order valence-corrected chi connectivity index (χ3v) is 2.25. The number of nitrogens with one attached hydrogen (secondary N) is 1. The molecule has 0 aliphatic heterocycles. The Bertz CT molecular complexity index is 529. The van der Waals surface area contributed by atoms with E-state index in [4.69, 9.17) is 16.6 Å². The van der Waals surface area contributed by atoms with Crippen molar-refractivity contribution in [3.05, 3.63) is 23.8 Å². The van der Waals surface area contributed by atoms with Gasteiger partial charge < -0.3 is 27.0 Å². The van der Waals surface area contributed by atoms with E-state index < -0.39 is 23.8 Å². The maximum Gasteiger partial charge on any atom is 0.337 e. The van der Waals surface area contributed by atoms with E-state index in [0.29, 0.717) is 0 Å². The number of nitrogens with two attached hydrogens (primary N) is 2. The number of phenolic OH excluding ortho intramolecular Hbond substituents is 1. The number of carboxylic acids is 1. The number of aromatic hydroxyl groups is 1. The second kappa shape index (κ2) is 5.83. The third kappa shape index (κ3) is 3.96. The zero-order valence-corrected chi connectivity index (χ0v) is 9.79. The Balaban J connectivity index is 2.90. The van der Waals surface area contributed by atoms with E-state index in [2.05, 4.69) is 5.32 Å². The summed E-state index contributed by atoms with van der Waals surface area (Å²) < 4.78 is 0. The number of anilines is 1. The normalized spacial score (nSPS) is 11.6. The van der Waals surface area contributed by atoms with Crippen LogP contribution in [0.25, 0.3) is 0 Å². The van der Waals surface area contributed by atoms with Crippen molar-refractivity contribution >= 4 is 23.5 Å². The predicted molar refractivity (Wildman–Crippen MR) is 65.5 cm³/mol.